The molecule has 0 fully saturated rings. The third-order valence-corrected chi connectivity index (χ3v) is 4.96. The molecule has 0 bridgehead atoms. The van der Waals surface area contributed by atoms with Crippen molar-refractivity contribution in [3.05, 3.63) is 23.2 Å². The smallest absolute Gasteiger partial charge is 0.246 e. The Hall–Kier alpha value is -0.780. The molecule has 0 aromatic heterocycles. The van der Waals surface area contributed by atoms with Crippen molar-refractivity contribution in [2.45, 2.75) is 25.2 Å². The number of hydrogen-bond donors (Lipinski definition) is 1. The van der Waals surface area contributed by atoms with E-state index in [0.29, 0.717) is 6.54 Å². The predicted molar refractivity (Wildman–Crippen MR) is 72.4 cm³/mol. The van der Waals surface area contributed by atoms with Crippen LogP contribution in [-0.2, 0) is 10.0 Å². The Morgan fingerprint density at radius 2 is 2.06 bits per heavy atom. The molecule has 0 radical (unpaired) electrons. The van der Waals surface area contributed by atoms with E-state index < -0.39 is 10.0 Å². The summed E-state index contributed by atoms with van der Waals surface area (Å²) in [6.07, 6.45) is 0.890. The highest BCUT2D eigenvalue weighted by Gasteiger charge is 2.25. The molecule has 0 amide bonds. The zero-order chi connectivity index (χ0) is 13.9. The van der Waals surface area contributed by atoms with Gasteiger partial charge in [-0.2, -0.15) is 0 Å². The van der Waals surface area contributed by atoms with E-state index >= 15 is 0 Å². The minimum atomic E-state index is -3.70. The molecule has 1 atom stereocenters. The minimum absolute atomic E-state index is 0.152. The summed E-state index contributed by atoms with van der Waals surface area (Å²) in [5, 5.41) is 9.93. The van der Waals surface area contributed by atoms with Gasteiger partial charge in [0.25, 0.3) is 0 Å². The second-order valence-electron chi connectivity index (χ2n) is 4.41. The van der Waals surface area contributed by atoms with Crippen LogP contribution in [0.3, 0.4) is 0 Å². The number of sulfonamides is 1. The summed E-state index contributed by atoms with van der Waals surface area (Å²) >= 11 is 5.77. The van der Waals surface area contributed by atoms with Crippen LogP contribution in [0.2, 0.25) is 5.02 Å². The van der Waals surface area contributed by atoms with Gasteiger partial charge in [0, 0.05) is 18.6 Å². The van der Waals surface area contributed by atoms with Gasteiger partial charge in [0.1, 0.15) is 10.6 Å². The standard InChI is InChI=1S/C12H18ClNO3S/c1-4-9(2)8-14(3)18(16,17)12-7-10(13)5-6-11(12)15/h5-7,9,15H,4,8H2,1-3H3. The Labute approximate surface area is 113 Å². The van der Waals surface area contributed by atoms with Gasteiger partial charge in [-0.05, 0) is 24.1 Å². The van der Waals surface area contributed by atoms with Gasteiger partial charge in [-0.25, -0.2) is 12.7 Å². The van der Waals surface area contributed by atoms with Crippen molar-refractivity contribution in [2.24, 2.45) is 5.92 Å². The fraction of sp³-hybridized carbons (Fsp3) is 0.500. The zero-order valence-corrected chi connectivity index (χ0v) is 12.3. The molecule has 1 aromatic rings. The Bertz CT molecular complexity index is 516. The van der Waals surface area contributed by atoms with Gasteiger partial charge >= 0.3 is 0 Å². The van der Waals surface area contributed by atoms with Crippen molar-refractivity contribution in [3.8, 4) is 5.75 Å². The predicted octanol–water partition coefficient (Wildman–Crippen LogP) is 2.71. The van der Waals surface area contributed by atoms with E-state index in [4.69, 9.17) is 11.6 Å². The second-order valence-corrected chi connectivity index (χ2v) is 6.86. The zero-order valence-electron chi connectivity index (χ0n) is 10.7. The first-order chi connectivity index (χ1) is 8.28. The summed E-state index contributed by atoms with van der Waals surface area (Å²) in [5.41, 5.74) is 0. The molecule has 6 heteroatoms. The van der Waals surface area contributed by atoms with Crippen molar-refractivity contribution >= 4 is 21.6 Å². The number of phenolic OH excluding ortho intramolecular Hbond substituents is 1. The number of hydrogen-bond acceptors (Lipinski definition) is 3. The van der Waals surface area contributed by atoms with Gasteiger partial charge in [-0.3, -0.25) is 0 Å². The summed E-state index contributed by atoms with van der Waals surface area (Å²) in [7, 11) is -2.20. The van der Waals surface area contributed by atoms with Crippen LogP contribution >= 0.6 is 11.6 Å². The van der Waals surface area contributed by atoms with Crippen molar-refractivity contribution in [2.75, 3.05) is 13.6 Å². The molecule has 0 heterocycles. The van der Waals surface area contributed by atoms with Crippen molar-refractivity contribution in [1.29, 1.82) is 0 Å². The van der Waals surface area contributed by atoms with E-state index in [2.05, 4.69) is 0 Å². The molecule has 1 rings (SSSR count). The fourth-order valence-corrected chi connectivity index (χ4v) is 3.16. The van der Waals surface area contributed by atoms with Crippen LogP contribution < -0.4 is 0 Å². The van der Waals surface area contributed by atoms with Crippen LogP contribution in [-0.4, -0.2) is 31.4 Å². The molecule has 0 aliphatic carbocycles. The lowest BCUT2D eigenvalue weighted by atomic mass is 10.1. The van der Waals surface area contributed by atoms with Crippen LogP contribution in [0.5, 0.6) is 5.75 Å². The average molecular weight is 292 g/mol. The molecule has 0 saturated heterocycles. The van der Waals surface area contributed by atoms with Crippen molar-refractivity contribution in [3.63, 3.8) is 0 Å². The van der Waals surface area contributed by atoms with Gasteiger partial charge in [0.15, 0.2) is 0 Å². The molecule has 0 saturated carbocycles. The molecule has 1 aromatic carbocycles. The largest absolute Gasteiger partial charge is 0.507 e. The molecule has 4 nitrogen and oxygen atoms in total. The van der Waals surface area contributed by atoms with Crippen LogP contribution in [0.1, 0.15) is 20.3 Å². The number of halogens is 1. The first-order valence-electron chi connectivity index (χ1n) is 5.74. The quantitative estimate of drug-likeness (QED) is 0.907. The van der Waals surface area contributed by atoms with Crippen molar-refractivity contribution < 1.29 is 13.5 Å². The number of nitrogens with zero attached hydrogens (tertiary/aromatic N) is 1. The molecule has 18 heavy (non-hydrogen) atoms. The van der Waals surface area contributed by atoms with Gasteiger partial charge in [-0.1, -0.05) is 31.9 Å². The van der Waals surface area contributed by atoms with Gasteiger partial charge in [0.05, 0.1) is 0 Å². The Balaban J connectivity index is 3.09. The maximum absolute atomic E-state index is 12.3. The summed E-state index contributed by atoms with van der Waals surface area (Å²) in [6, 6.07) is 4.00. The SMILES string of the molecule is CCC(C)CN(C)S(=O)(=O)c1cc(Cl)ccc1O. The third-order valence-electron chi connectivity index (χ3n) is 2.88. The van der Waals surface area contributed by atoms with Crippen LogP contribution in [0, 0.1) is 5.92 Å². The van der Waals surface area contributed by atoms with Crippen molar-refractivity contribution in [1.82, 2.24) is 4.31 Å². The molecule has 1 N–H and O–H groups in total. The lowest BCUT2D eigenvalue weighted by Gasteiger charge is -2.21. The maximum Gasteiger partial charge on any atom is 0.246 e. The Morgan fingerprint density at radius 1 is 1.44 bits per heavy atom. The Kier molecular flexibility index (Phi) is 5.01. The molecule has 1 unspecified atom stereocenters. The summed E-state index contributed by atoms with van der Waals surface area (Å²) < 4.78 is 25.8. The van der Waals surface area contributed by atoms with Gasteiger partial charge < -0.3 is 5.11 Å². The number of aromatic hydroxyl groups is 1. The topological polar surface area (TPSA) is 57.6 Å². The van der Waals surface area contributed by atoms with E-state index in [1.165, 1.54) is 29.6 Å². The van der Waals surface area contributed by atoms with Crippen LogP contribution in [0.25, 0.3) is 0 Å². The molecular formula is C12H18ClNO3S. The molecular weight excluding hydrogens is 274 g/mol. The third kappa shape index (κ3) is 3.37. The minimum Gasteiger partial charge on any atom is -0.507 e. The van der Waals surface area contributed by atoms with E-state index in [1.54, 1.807) is 0 Å². The first-order valence-corrected chi connectivity index (χ1v) is 7.55. The molecule has 0 spiro atoms. The lowest BCUT2D eigenvalue weighted by Crippen LogP contribution is -2.31. The molecule has 0 aliphatic heterocycles. The van der Waals surface area contributed by atoms with Gasteiger partial charge in [0.2, 0.25) is 10.0 Å². The average Bonchev–Trinajstić information content (AvgIpc) is 2.31. The fourth-order valence-electron chi connectivity index (χ4n) is 1.53. The molecule has 0 aliphatic rings. The monoisotopic (exact) mass is 291 g/mol. The number of benzene rings is 1. The number of rotatable bonds is 5. The van der Waals surface area contributed by atoms with Crippen LogP contribution in [0.15, 0.2) is 23.1 Å². The highest BCUT2D eigenvalue weighted by molar-refractivity contribution is 7.89. The summed E-state index contributed by atoms with van der Waals surface area (Å²) in [6.45, 7) is 4.39. The van der Waals surface area contributed by atoms with Crippen LogP contribution in [0.4, 0.5) is 0 Å². The van der Waals surface area contributed by atoms with Gasteiger partial charge in [-0.15, -0.1) is 0 Å². The lowest BCUT2D eigenvalue weighted by molar-refractivity contribution is 0.389. The maximum atomic E-state index is 12.3. The van der Waals surface area contributed by atoms with E-state index in [0.717, 1.165) is 6.42 Å². The van der Waals surface area contributed by atoms with E-state index in [1.807, 2.05) is 13.8 Å². The first kappa shape index (κ1) is 15.3. The second kappa shape index (κ2) is 5.91. The summed E-state index contributed by atoms with van der Waals surface area (Å²) in [4.78, 5) is -0.152. The highest BCUT2D eigenvalue weighted by Crippen LogP contribution is 2.28. The molecule has 102 valence electrons. The highest BCUT2D eigenvalue weighted by atomic mass is 35.5. The Morgan fingerprint density at radius 3 is 2.61 bits per heavy atom. The summed E-state index contributed by atoms with van der Waals surface area (Å²) in [5.74, 6) is -0.0264. The number of phenols is 1. The normalized spacial score (nSPS) is 13.8. The van der Waals surface area contributed by atoms with E-state index in [9.17, 15) is 13.5 Å². The van der Waals surface area contributed by atoms with E-state index in [-0.39, 0.29) is 21.6 Å².